The Bertz CT molecular complexity index is 365. The van der Waals surface area contributed by atoms with E-state index < -0.39 is 4.92 Å². The zero-order valence-corrected chi connectivity index (χ0v) is 9.73. The first-order chi connectivity index (χ1) is 7.13. The van der Waals surface area contributed by atoms with Gasteiger partial charge < -0.3 is 5.32 Å². The summed E-state index contributed by atoms with van der Waals surface area (Å²) in [6.07, 6.45) is 0. The van der Waals surface area contributed by atoms with Crippen LogP contribution < -0.4 is 5.32 Å². The zero-order chi connectivity index (χ0) is 11.3. The van der Waals surface area contributed by atoms with Gasteiger partial charge in [-0.2, -0.15) is 0 Å². The number of hydrogen-bond acceptors (Lipinski definition) is 4. The first kappa shape index (κ1) is 11.9. The third-order valence-electron chi connectivity index (χ3n) is 1.60. The smallest absolute Gasteiger partial charge is 0.269 e. The van der Waals surface area contributed by atoms with E-state index >= 15 is 0 Å². The summed E-state index contributed by atoms with van der Waals surface area (Å²) in [6, 6.07) is 6.17. The van der Waals surface area contributed by atoms with Gasteiger partial charge >= 0.3 is 0 Å². The Kier molecular flexibility index (Phi) is 4.51. The van der Waals surface area contributed by atoms with E-state index in [1.54, 1.807) is 12.1 Å². The summed E-state index contributed by atoms with van der Waals surface area (Å²) in [5, 5.41) is 13.4. The summed E-state index contributed by atoms with van der Waals surface area (Å²) >= 11 is 6.56. The van der Waals surface area contributed by atoms with Crippen LogP contribution in [0.2, 0.25) is 0 Å². The Balaban J connectivity index is 2.64. The maximum atomic E-state index is 10.4. The average Bonchev–Trinajstić information content (AvgIpc) is 2.18. The molecule has 0 radical (unpaired) electrons. The molecule has 0 bridgehead atoms. The van der Waals surface area contributed by atoms with Crippen LogP contribution in [0.3, 0.4) is 0 Å². The molecule has 1 aromatic carbocycles. The lowest BCUT2D eigenvalue weighted by Crippen LogP contribution is -2.04. The molecule has 1 aromatic rings. The first-order valence-corrected chi connectivity index (χ1v) is 5.71. The van der Waals surface area contributed by atoms with Crippen molar-refractivity contribution >= 4 is 39.7 Å². The molecular formula is C9H10N2O2S2. The van der Waals surface area contributed by atoms with Crippen molar-refractivity contribution in [1.29, 1.82) is 0 Å². The van der Waals surface area contributed by atoms with Crippen molar-refractivity contribution in [3.63, 3.8) is 0 Å². The van der Waals surface area contributed by atoms with Crippen LogP contribution in [0.5, 0.6) is 0 Å². The largest absolute Gasteiger partial charge is 0.341 e. The minimum absolute atomic E-state index is 0.0783. The second-order valence-corrected chi connectivity index (χ2v) is 4.59. The van der Waals surface area contributed by atoms with Gasteiger partial charge in [-0.15, -0.1) is 0 Å². The highest BCUT2D eigenvalue weighted by molar-refractivity contribution is 8.23. The molecular weight excluding hydrogens is 232 g/mol. The standard InChI is InChI=1S/C9H10N2O2S2/c1-2-15-9(14)10-7-3-5-8(6-4-7)11(12)13/h3-6H,2H2,1H3,(H,10,14). The predicted octanol–water partition coefficient (Wildman–Crippen LogP) is 3.04. The molecule has 0 heterocycles. The van der Waals surface area contributed by atoms with E-state index in [0.29, 0.717) is 4.32 Å². The van der Waals surface area contributed by atoms with Crippen LogP contribution in [-0.4, -0.2) is 15.0 Å². The first-order valence-electron chi connectivity index (χ1n) is 4.31. The highest BCUT2D eigenvalue weighted by Gasteiger charge is 2.04. The number of thioether (sulfide) groups is 1. The Morgan fingerprint density at radius 3 is 2.60 bits per heavy atom. The SMILES string of the molecule is CCSC(=S)Nc1ccc([N+](=O)[O-])cc1. The monoisotopic (exact) mass is 242 g/mol. The van der Waals surface area contributed by atoms with Crippen molar-refractivity contribution in [2.75, 3.05) is 11.1 Å². The molecule has 1 rings (SSSR count). The highest BCUT2D eigenvalue weighted by atomic mass is 32.2. The van der Waals surface area contributed by atoms with Crippen molar-refractivity contribution in [3.8, 4) is 0 Å². The van der Waals surface area contributed by atoms with Crippen LogP contribution in [-0.2, 0) is 0 Å². The van der Waals surface area contributed by atoms with E-state index in [2.05, 4.69) is 5.32 Å². The van der Waals surface area contributed by atoms with E-state index in [1.165, 1.54) is 23.9 Å². The van der Waals surface area contributed by atoms with Crippen LogP contribution >= 0.6 is 24.0 Å². The molecule has 0 unspecified atom stereocenters. The third kappa shape index (κ3) is 3.85. The highest BCUT2D eigenvalue weighted by Crippen LogP contribution is 2.17. The molecule has 0 fully saturated rings. The van der Waals surface area contributed by atoms with E-state index in [1.807, 2.05) is 6.92 Å². The summed E-state index contributed by atoms with van der Waals surface area (Å²) < 4.78 is 0.673. The maximum Gasteiger partial charge on any atom is 0.269 e. The van der Waals surface area contributed by atoms with Crippen LogP contribution in [0.4, 0.5) is 11.4 Å². The van der Waals surface area contributed by atoms with Gasteiger partial charge in [0.05, 0.1) is 4.92 Å². The predicted molar refractivity (Wildman–Crippen MR) is 67.4 cm³/mol. The normalized spacial score (nSPS) is 9.67. The lowest BCUT2D eigenvalue weighted by molar-refractivity contribution is -0.384. The van der Waals surface area contributed by atoms with Crippen molar-refractivity contribution in [3.05, 3.63) is 34.4 Å². The Labute approximate surface area is 97.2 Å². The fourth-order valence-corrected chi connectivity index (χ4v) is 1.88. The number of nitro benzene ring substituents is 1. The molecule has 6 heteroatoms. The number of anilines is 1. The molecule has 0 aliphatic carbocycles. The molecule has 1 N–H and O–H groups in total. The number of nitrogens with zero attached hydrogens (tertiary/aromatic N) is 1. The molecule has 0 amide bonds. The topological polar surface area (TPSA) is 55.2 Å². The minimum atomic E-state index is -0.428. The van der Waals surface area contributed by atoms with Crippen molar-refractivity contribution in [2.45, 2.75) is 6.92 Å². The summed E-state index contributed by atoms with van der Waals surface area (Å²) in [5.41, 5.74) is 0.848. The second kappa shape index (κ2) is 5.67. The molecule has 80 valence electrons. The molecule has 0 aliphatic heterocycles. The summed E-state index contributed by atoms with van der Waals surface area (Å²) in [4.78, 5) is 9.96. The Morgan fingerprint density at radius 2 is 2.13 bits per heavy atom. The summed E-state index contributed by atoms with van der Waals surface area (Å²) in [5.74, 6) is 0.902. The fourth-order valence-electron chi connectivity index (χ4n) is 0.952. The molecule has 0 atom stereocenters. The quantitative estimate of drug-likeness (QED) is 0.501. The molecule has 4 nitrogen and oxygen atoms in total. The maximum absolute atomic E-state index is 10.4. The van der Waals surface area contributed by atoms with E-state index in [0.717, 1.165) is 11.4 Å². The van der Waals surface area contributed by atoms with Gasteiger partial charge in [0.2, 0.25) is 0 Å². The van der Waals surface area contributed by atoms with Crippen LogP contribution in [0.25, 0.3) is 0 Å². The fraction of sp³-hybridized carbons (Fsp3) is 0.222. The van der Waals surface area contributed by atoms with Crippen molar-refractivity contribution in [2.24, 2.45) is 0 Å². The molecule has 0 aromatic heterocycles. The molecule has 0 saturated carbocycles. The number of hydrogen-bond donors (Lipinski definition) is 1. The van der Waals surface area contributed by atoms with Gasteiger partial charge in [-0.3, -0.25) is 10.1 Å². The average molecular weight is 242 g/mol. The van der Waals surface area contributed by atoms with Crippen molar-refractivity contribution < 1.29 is 4.92 Å². The van der Waals surface area contributed by atoms with Crippen molar-refractivity contribution in [1.82, 2.24) is 0 Å². The number of benzene rings is 1. The number of nitrogens with one attached hydrogen (secondary N) is 1. The third-order valence-corrected chi connectivity index (χ3v) is 2.71. The van der Waals surface area contributed by atoms with Crippen LogP contribution in [0, 0.1) is 10.1 Å². The Hall–Kier alpha value is -1.14. The summed E-state index contributed by atoms with van der Waals surface area (Å²) in [6.45, 7) is 2.01. The van der Waals surface area contributed by atoms with Crippen LogP contribution in [0.1, 0.15) is 6.92 Å². The molecule has 0 saturated heterocycles. The molecule has 15 heavy (non-hydrogen) atoms. The lowest BCUT2D eigenvalue weighted by atomic mass is 10.3. The van der Waals surface area contributed by atoms with Gasteiger partial charge in [0.1, 0.15) is 4.32 Å². The van der Waals surface area contributed by atoms with E-state index in [-0.39, 0.29) is 5.69 Å². The number of non-ortho nitro benzene ring substituents is 1. The Morgan fingerprint density at radius 1 is 1.53 bits per heavy atom. The van der Waals surface area contributed by atoms with Gasteiger partial charge in [0.15, 0.2) is 0 Å². The van der Waals surface area contributed by atoms with E-state index in [4.69, 9.17) is 12.2 Å². The minimum Gasteiger partial charge on any atom is -0.341 e. The number of nitro groups is 1. The number of thiocarbonyl (C=S) groups is 1. The molecule has 0 spiro atoms. The second-order valence-electron chi connectivity index (χ2n) is 2.65. The van der Waals surface area contributed by atoms with Gasteiger partial charge in [-0.1, -0.05) is 30.9 Å². The van der Waals surface area contributed by atoms with Gasteiger partial charge in [0.25, 0.3) is 5.69 Å². The van der Waals surface area contributed by atoms with E-state index in [9.17, 15) is 10.1 Å². The van der Waals surface area contributed by atoms with Crippen LogP contribution in [0.15, 0.2) is 24.3 Å². The van der Waals surface area contributed by atoms with Gasteiger partial charge in [-0.25, -0.2) is 0 Å². The lowest BCUT2D eigenvalue weighted by Gasteiger charge is -2.05. The van der Waals surface area contributed by atoms with Gasteiger partial charge in [0, 0.05) is 17.8 Å². The van der Waals surface area contributed by atoms with Gasteiger partial charge in [-0.05, 0) is 17.9 Å². The zero-order valence-electron chi connectivity index (χ0n) is 8.10. The molecule has 0 aliphatic rings. The number of rotatable bonds is 3. The summed E-state index contributed by atoms with van der Waals surface area (Å²) in [7, 11) is 0.